The number of nitrogens with one attached hydrogen (secondary N) is 1. The monoisotopic (exact) mass is 299 g/mol. The number of amides is 2. The molecule has 0 fully saturated rings. The lowest BCUT2D eigenvalue weighted by Gasteiger charge is -2.18. The maximum Gasteiger partial charge on any atom is 0.355 e. The summed E-state index contributed by atoms with van der Waals surface area (Å²) in [5.74, 6) is -0.458. The van der Waals surface area contributed by atoms with Gasteiger partial charge in [0.15, 0.2) is 5.69 Å². The van der Waals surface area contributed by atoms with Gasteiger partial charge in [-0.05, 0) is 12.3 Å². The molecule has 0 aliphatic rings. The zero-order chi connectivity index (χ0) is 15.1. The summed E-state index contributed by atoms with van der Waals surface area (Å²) in [5, 5.41) is 13.8. The number of hydrogen-bond donors (Lipinski definition) is 2. The number of carboxylic acids is 1. The molecule has 1 heterocycles. The topological polar surface area (TPSA) is 82.5 Å². The van der Waals surface area contributed by atoms with Crippen molar-refractivity contribution in [1.82, 2.24) is 15.2 Å². The van der Waals surface area contributed by atoms with E-state index in [1.807, 2.05) is 0 Å². The number of urea groups is 1. The van der Waals surface area contributed by atoms with Crippen LogP contribution < -0.4 is 5.32 Å². The number of carboxylic acid groups (broad SMARTS) is 1. The molecule has 112 valence electrons. The van der Waals surface area contributed by atoms with Crippen LogP contribution in [0, 0.1) is 5.92 Å². The average molecular weight is 299 g/mol. The van der Waals surface area contributed by atoms with E-state index >= 15 is 0 Å². The van der Waals surface area contributed by atoms with Crippen LogP contribution in [0.2, 0.25) is 0 Å². The minimum absolute atomic E-state index is 0.0605. The minimum Gasteiger partial charge on any atom is -0.476 e. The molecule has 0 spiro atoms. The number of aromatic carboxylic acids is 1. The third-order valence-electron chi connectivity index (χ3n) is 2.77. The quantitative estimate of drug-likeness (QED) is 0.807. The van der Waals surface area contributed by atoms with Gasteiger partial charge in [-0.15, -0.1) is 11.3 Å². The maximum absolute atomic E-state index is 11.8. The Hall–Kier alpha value is -1.63. The molecule has 2 amide bonds. The van der Waals surface area contributed by atoms with Gasteiger partial charge >= 0.3 is 12.0 Å². The second kappa shape index (κ2) is 7.84. The summed E-state index contributed by atoms with van der Waals surface area (Å²) in [4.78, 5) is 28.1. The van der Waals surface area contributed by atoms with Gasteiger partial charge in [0.2, 0.25) is 0 Å². The van der Waals surface area contributed by atoms with Crippen LogP contribution in [-0.4, -0.2) is 47.1 Å². The largest absolute Gasteiger partial charge is 0.476 e. The number of carbonyl (C=O) groups is 2. The van der Waals surface area contributed by atoms with E-state index in [1.54, 1.807) is 11.9 Å². The van der Waals surface area contributed by atoms with Gasteiger partial charge in [0, 0.05) is 31.9 Å². The summed E-state index contributed by atoms with van der Waals surface area (Å²) >= 11 is 1.30. The Labute approximate surface area is 122 Å². The van der Waals surface area contributed by atoms with Crippen molar-refractivity contribution in [1.29, 1.82) is 0 Å². The van der Waals surface area contributed by atoms with Crippen LogP contribution in [0.25, 0.3) is 0 Å². The zero-order valence-electron chi connectivity index (χ0n) is 12.0. The number of nitrogens with zero attached hydrogens (tertiary/aromatic N) is 2. The standard InChI is InChI=1S/C13H21N3O3S/c1-9(2)5-7-16(3)13(19)14-6-4-11-15-10(8-20-11)12(17)18/h8-9H,4-7H2,1-3H3,(H,14,19)(H,17,18). The first-order valence-corrected chi connectivity index (χ1v) is 7.44. The molecule has 0 saturated carbocycles. The molecule has 1 aromatic heterocycles. The molecule has 1 rings (SSSR count). The van der Waals surface area contributed by atoms with Gasteiger partial charge in [-0.25, -0.2) is 14.6 Å². The van der Waals surface area contributed by atoms with Crippen molar-refractivity contribution >= 4 is 23.3 Å². The molecular formula is C13H21N3O3S. The highest BCUT2D eigenvalue weighted by Gasteiger charge is 2.10. The van der Waals surface area contributed by atoms with Gasteiger partial charge < -0.3 is 15.3 Å². The Morgan fingerprint density at radius 1 is 1.50 bits per heavy atom. The van der Waals surface area contributed by atoms with Crippen LogP contribution in [0.4, 0.5) is 4.79 Å². The van der Waals surface area contributed by atoms with Crippen LogP contribution in [0.3, 0.4) is 0 Å². The molecule has 0 atom stereocenters. The van der Waals surface area contributed by atoms with Crippen LogP contribution in [0.5, 0.6) is 0 Å². The van der Waals surface area contributed by atoms with Crippen molar-refractivity contribution in [3.63, 3.8) is 0 Å². The Bertz CT molecular complexity index is 459. The molecule has 0 aliphatic carbocycles. The number of thiazole rings is 1. The highest BCUT2D eigenvalue weighted by molar-refractivity contribution is 7.09. The second-order valence-corrected chi connectivity index (χ2v) is 5.96. The number of rotatable bonds is 7. The maximum atomic E-state index is 11.8. The van der Waals surface area contributed by atoms with Crippen molar-refractivity contribution in [3.05, 3.63) is 16.1 Å². The highest BCUT2D eigenvalue weighted by Crippen LogP contribution is 2.10. The van der Waals surface area contributed by atoms with Crippen molar-refractivity contribution in [2.45, 2.75) is 26.7 Å². The predicted octanol–water partition coefficient (Wildman–Crippen LogP) is 2.07. The first kappa shape index (κ1) is 16.4. The van der Waals surface area contributed by atoms with Gasteiger partial charge in [-0.3, -0.25) is 0 Å². The number of carbonyl (C=O) groups excluding carboxylic acids is 1. The van der Waals surface area contributed by atoms with Gasteiger partial charge in [0.05, 0.1) is 5.01 Å². The molecule has 1 aromatic rings. The van der Waals surface area contributed by atoms with Gasteiger partial charge in [0.25, 0.3) is 0 Å². The molecule has 0 bridgehead atoms. The summed E-state index contributed by atoms with van der Waals surface area (Å²) in [6, 6.07) is -0.110. The van der Waals surface area contributed by atoms with Crippen molar-refractivity contribution in [3.8, 4) is 0 Å². The molecule has 0 aliphatic heterocycles. The van der Waals surface area contributed by atoms with E-state index in [0.717, 1.165) is 13.0 Å². The van der Waals surface area contributed by atoms with Crippen molar-refractivity contribution in [2.24, 2.45) is 5.92 Å². The first-order chi connectivity index (χ1) is 9.40. The lowest BCUT2D eigenvalue weighted by molar-refractivity contribution is 0.0691. The third kappa shape index (κ3) is 5.56. The second-order valence-electron chi connectivity index (χ2n) is 5.02. The lowest BCUT2D eigenvalue weighted by Crippen LogP contribution is -2.39. The molecule has 20 heavy (non-hydrogen) atoms. The Kier molecular flexibility index (Phi) is 6.44. The van der Waals surface area contributed by atoms with Crippen LogP contribution >= 0.6 is 11.3 Å². The fourth-order valence-electron chi connectivity index (χ4n) is 1.49. The number of aromatic nitrogens is 1. The van der Waals surface area contributed by atoms with Crippen LogP contribution in [0.15, 0.2) is 5.38 Å². The Morgan fingerprint density at radius 3 is 2.75 bits per heavy atom. The van der Waals surface area contributed by atoms with Crippen LogP contribution in [0.1, 0.15) is 35.8 Å². The molecule has 0 radical (unpaired) electrons. The fourth-order valence-corrected chi connectivity index (χ4v) is 2.26. The summed E-state index contributed by atoms with van der Waals surface area (Å²) < 4.78 is 0. The lowest BCUT2D eigenvalue weighted by atomic mass is 10.1. The third-order valence-corrected chi connectivity index (χ3v) is 3.68. The Balaban J connectivity index is 2.28. The molecule has 0 aromatic carbocycles. The van der Waals surface area contributed by atoms with E-state index in [4.69, 9.17) is 5.11 Å². The zero-order valence-corrected chi connectivity index (χ0v) is 12.9. The van der Waals surface area contributed by atoms with Crippen molar-refractivity contribution in [2.75, 3.05) is 20.1 Å². The smallest absolute Gasteiger partial charge is 0.355 e. The van der Waals surface area contributed by atoms with Crippen molar-refractivity contribution < 1.29 is 14.7 Å². The minimum atomic E-state index is -1.02. The predicted molar refractivity (Wildman–Crippen MR) is 78.3 cm³/mol. The van der Waals surface area contributed by atoms with E-state index < -0.39 is 5.97 Å². The highest BCUT2D eigenvalue weighted by atomic mass is 32.1. The SMILES string of the molecule is CC(C)CCN(C)C(=O)NCCc1nc(C(=O)O)cs1. The molecule has 6 nitrogen and oxygen atoms in total. The Morgan fingerprint density at radius 2 is 2.20 bits per heavy atom. The van der Waals surface area contributed by atoms with Gasteiger partial charge in [0.1, 0.15) is 0 Å². The molecule has 2 N–H and O–H groups in total. The van der Waals surface area contributed by atoms with Crippen LogP contribution in [-0.2, 0) is 6.42 Å². The molecule has 0 unspecified atom stereocenters. The summed E-state index contributed by atoms with van der Waals surface area (Å²) in [6.45, 7) is 5.42. The van der Waals surface area contributed by atoms with Gasteiger partial charge in [-0.2, -0.15) is 0 Å². The van der Waals surface area contributed by atoms with E-state index in [9.17, 15) is 9.59 Å². The molecular weight excluding hydrogens is 278 g/mol. The van der Waals surface area contributed by atoms with Gasteiger partial charge in [-0.1, -0.05) is 13.8 Å². The fraction of sp³-hybridized carbons (Fsp3) is 0.615. The number of hydrogen-bond acceptors (Lipinski definition) is 4. The molecule has 0 saturated heterocycles. The van der Waals surface area contributed by atoms with E-state index in [-0.39, 0.29) is 11.7 Å². The average Bonchev–Trinajstić information content (AvgIpc) is 2.84. The normalized spacial score (nSPS) is 10.6. The summed E-state index contributed by atoms with van der Waals surface area (Å²) in [5.41, 5.74) is 0.0605. The van der Waals surface area contributed by atoms with E-state index in [0.29, 0.717) is 23.9 Å². The summed E-state index contributed by atoms with van der Waals surface area (Å²) in [7, 11) is 1.77. The van der Waals surface area contributed by atoms with E-state index in [2.05, 4.69) is 24.1 Å². The first-order valence-electron chi connectivity index (χ1n) is 6.56. The van der Waals surface area contributed by atoms with E-state index in [1.165, 1.54) is 16.7 Å². The molecule has 7 heteroatoms. The summed E-state index contributed by atoms with van der Waals surface area (Å²) in [6.07, 6.45) is 1.51.